The van der Waals surface area contributed by atoms with Crippen LogP contribution in [0.25, 0.3) is 0 Å². The van der Waals surface area contributed by atoms with E-state index in [9.17, 15) is 8.42 Å². The van der Waals surface area contributed by atoms with Crippen LogP contribution in [-0.2, 0) is 14.8 Å². The summed E-state index contributed by atoms with van der Waals surface area (Å²) in [4.78, 5) is 2.37. The van der Waals surface area contributed by atoms with Gasteiger partial charge in [-0.15, -0.1) is 0 Å². The maximum absolute atomic E-state index is 13.1. The predicted octanol–water partition coefficient (Wildman–Crippen LogP) is 3.90. The van der Waals surface area contributed by atoms with Crippen molar-refractivity contribution >= 4 is 33.0 Å². The maximum atomic E-state index is 13.1. The van der Waals surface area contributed by atoms with Crippen molar-refractivity contribution in [1.29, 1.82) is 0 Å². The first-order valence-electron chi connectivity index (χ1n) is 8.51. The first-order chi connectivity index (χ1) is 12.3. The summed E-state index contributed by atoms with van der Waals surface area (Å²) < 4.78 is 34.3. The van der Waals surface area contributed by atoms with E-state index in [4.69, 9.17) is 16.3 Å². The Morgan fingerprint density at radius 3 is 2.31 bits per heavy atom. The second kappa shape index (κ2) is 7.47. The van der Waals surface area contributed by atoms with Crippen molar-refractivity contribution in [2.24, 2.45) is 0 Å². The van der Waals surface area contributed by atoms with Gasteiger partial charge in [0.15, 0.2) is 0 Å². The standard InChI is InChI=1S/C19H23ClN2O3S/c1-13-11-14(2)19(15(3)12-13)26(23,24)21-17-6-4-5-16(20)18(17)22-7-9-25-10-8-22/h4-6,11-12,21H,7-10H2,1-3H3. The molecule has 0 bridgehead atoms. The molecule has 0 amide bonds. The fraction of sp³-hybridized carbons (Fsp3) is 0.368. The second-order valence-electron chi connectivity index (χ2n) is 6.57. The average molecular weight is 395 g/mol. The first kappa shape index (κ1) is 19.0. The van der Waals surface area contributed by atoms with Gasteiger partial charge in [0.1, 0.15) is 0 Å². The van der Waals surface area contributed by atoms with Gasteiger partial charge in [-0.2, -0.15) is 0 Å². The van der Waals surface area contributed by atoms with E-state index in [-0.39, 0.29) is 0 Å². The van der Waals surface area contributed by atoms with Crippen molar-refractivity contribution < 1.29 is 13.2 Å². The van der Waals surface area contributed by atoms with Crippen molar-refractivity contribution in [1.82, 2.24) is 0 Å². The van der Waals surface area contributed by atoms with Crippen molar-refractivity contribution in [3.8, 4) is 0 Å². The SMILES string of the molecule is Cc1cc(C)c(S(=O)(=O)Nc2cccc(Cl)c2N2CCOCC2)c(C)c1. The number of nitrogens with zero attached hydrogens (tertiary/aromatic N) is 1. The van der Waals surface area contributed by atoms with Crippen LogP contribution in [0.2, 0.25) is 5.02 Å². The molecule has 7 heteroatoms. The molecule has 1 heterocycles. The normalized spacial score (nSPS) is 15.2. The highest BCUT2D eigenvalue weighted by molar-refractivity contribution is 7.92. The molecule has 0 aromatic heterocycles. The van der Waals surface area contributed by atoms with Crippen molar-refractivity contribution in [2.75, 3.05) is 35.9 Å². The molecule has 0 saturated carbocycles. The number of hydrogen-bond donors (Lipinski definition) is 1. The van der Waals surface area contributed by atoms with Crippen LogP contribution < -0.4 is 9.62 Å². The van der Waals surface area contributed by atoms with E-state index in [0.717, 1.165) is 16.7 Å². The Hall–Kier alpha value is -1.76. The van der Waals surface area contributed by atoms with E-state index in [1.165, 1.54) is 0 Å². The fourth-order valence-corrected chi connectivity index (χ4v) is 5.31. The van der Waals surface area contributed by atoms with Crippen molar-refractivity contribution in [2.45, 2.75) is 25.7 Å². The Morgan fingerprint density at radius 1 is 1.08 bits per heavy atom. The summed E-state index contributed by atoms with van der Waals surface area (Å²) >= 11 is 6.40. The molecule has 5 nitrogen and oxygen atoms in total. The van der Waals surface area contributed by atoms with Gasteiger partial charge in [0, 0.05) is 13.1 Å². The van der Waals surface area contributed by atoms with Gasteiger partial charge < -0.3 is 9.64 Å². The third-order valence-electron chi connectivity index (χ3n) is 4.43. The molecule has 26 heavy (non-hydrogen) atoms. The molecule has 0 aliphatic carbocycles. The summed E-state index contributed by atoms with van der Waals surface area (Å²) in [5, 5.41) is 0.518. The quantitative estimate of drug-likeness (QED) is 0.854. The minimum atomic E-state index is -3.74. The molecule has 1 N–H and O–H groups in total. The van der Waals surface area contributed by atoms with Gasteiger partial charge in [-0.3, -0.25) is 4.72 Å². The number of benzene rings is 2. The molecule has 3 rings (SSSR count). The monoisotopic (exact) mass is 394 g/mol. The lowest BCUT2D eigenvalue weighted by Gasteiger charge is -2.31. The molecule has 1 aliphatic rings. The largest absolute Gasteiger partial charge is 0.378 e. The highest BCUT2D eigenvalue weighted by atomic mass is 35.5. The minimum Gasteiger partial charge on any atom is -0.378 e. The van der Waals surface area contributed by atoms with E-state index in [2.05, 4.69) is 9.62 Å². The van der Waals surface area contributed by atoms with Crippen LogP contribution in [0.4, 0.5) is 11.4 Å². The molecule has 140 valence electrons. The van der Waals surface area contributed by atoms with Gasteiger partial charge in [-0.1, -0.05) is 35.4 Å². The molecule has 2 aromatic rings. The molecule has 0 spiro atoms. The van der Waals surface area contributed by atoms with Crippen molar-refractivity contribution in [3.05, 3.63) is 52.0 Å². The number of aryl methyl sites for hydroxylation is 3. The van der Waals surface area contributed by atoms with E-state index >= 15 is 0 Å². The van der Waals surface area contributed by atoms with Crippen LogP contribution in [0.15, 0.2) is 35.2 Å². The van der Waals surface area contributed by atoms with E-state index in [0.29, 0.717) is 47.6 Å². The molecule has 0 unspecified atom stereocenters. The average Bonchev–Trinajstić information content (AvgIpc) is 2.54. The fourth-order valence-electron chi connectivity index (χ4n) is 3.49. The lowest BCUT2D eigenvalue weighted by Crippen LogP contribution is -2.37. The topological polar surface area (TPSA) is 58.6 Å². The summed E-state index contributed by atoms with van der Waals surface area (Å²) in [6.07, 6.45) is 0. The number of rotatable bonds is 4. The smallest absolute Gasteiger partial charge is 0.262 e. The summed E-state index contributed by atoms with van der Waals surface area (Å²) in [5.41, 5.74) is 3.67. The molecular formula is C19H23ClN2O3S. The van der Waals surface area contributed by atoms with E-state index in [1.54, 1.807) is 18.2 Å². The zero-order valence-corrected chi connectivity index (χ0v) is 16.7. The van der Waals surface area contributed by atoms with Gasteiger partial charge in [-0.25, -0.2) is 8.42 Å². The lowest BCUT2D eigenvalue weighted by molar-refractivity contribution is 0.123. The Kier molecular flexibility index (Phi) is 5.46. The highest BCUT2D eigenvalue weighted by Gasteiger charge is 2.24. The number of halogens is 1. The Morgan fingerprint density at radius 2 is 1.69 bits per heavy atom. The summed E-state index contributed by atoms with van der Waals surface area (Å²) in [6, 6.07) is 9.02. The van der Waals surface area contributed by atoms with E-state index < -0.39 is 10.0 Å². The molecule has 1 saturated heterocycles. The molecular weight excluding hydrogens is 372 g/mol. The van der Waals surface area contributed by atoms with Gasteiger partial charge >= 0.3 is 0 Å². The zero-order valence-electron chi connectivity index (χ0n) is 15.2. The Balaban J connectivity index is 2.02. The highest BCUT2D eigenvalue weighted by Crippen LogP contribution is 2.36. The van der Waals surface area contributed by atoms with Gasteiger partial charge in [-0.05, 0) is 44.0 Å². The lowest BCUT2D eigenvalue weighted by atomic mass is 10.1. The third-order valence-corrected chi connectivity index (χ3v) is 6.41. The number of hydrogen-bond acceptors (Lipinski definition) is 4. The maximum Gasteiger partial charge on any atom is 0.262 e. The number of sulfonamides is 1. The number of anilines is 2. The van der Waals surface area contributed by atoms with Gasteiger partial charge in [0.2, 0.25) is 0 Å². The number of nitrogens with one attached hydrogen (secondary N) is 1. The molecule has 0 atom stereocenters. The van der Waals surface area contributed by atoms with Crippen LogP contribution in [0.1, 0.15) is 16.7 Å². The van der Waals surface area contributed by atoms with Crippen LogP contribution in [0.5, 0.6) is 0 Å². The van der Waals surface area contributed by atoms with Crippen LogP contribution >= 0.6 is 11.6 Å². The summed E-state index contributed by atoms with van der Waals surface area (Å²) in [7, 11) is -3.74. The Bertz CT molecular complexity index is 899. The van der Waals surface area contributed by atoms with E-state index in [1.807, 2.05) is 32.9 Å². The second-order valence-corrected chi connectivity index (χ2v) is 8.60. The van der Waals surface area contributed by atoms with Gasteiger partial charge in [0.05, 0.1) is 34.5 Å². The molecule has 1 fully saturated rings. The van der Waals surface area contributed by atoms with Crippen LogP contribution in [0.3, 0.4) is 0 Å². The Labute approximate surface area is 160 Å². The van der Waals surface area contributed by atoms with Crippen molar-refractivity contribution in [3.63, 3.8) is 0 Å². The first-order valence-corrected chi connectivity index (χ1v) is 10.4. The third kappa shape index (κ3) is 3.82. The minimum absolute atomic E-state index is 0.316. The number of ether oxygens (including phenoxy) is 1. The summed E-state index contributed by atoms with van der Waals surface area (Å²) in [5.74, 6) is 0. The molecule has 2 aromatic carbocycles. The number of morpholine rings is 1. The number of para-hydroxylation sites is 1. The van der Waals surface area contributed by atoms with Crippen LogP contribution in [-0.4, -0.2) is 34.7 Å². The van der Waals surface area contributed by atoms with Gasteiger partial charge in [0.25, 0.3) is 10.0 Å². The predicted molar refractivity (Wildman–Crippen MR) is 106 cm³/mol. The van der Waals surface area contributed by atoms with Crippen LogP contribution in [0, 0.1) is 20.8 Å². The summed E-state index contributed by atoms with van der Waals surface area (Å²) in [6.45, 7) is 8.10. The molecule has 0 radical (unpaired) electrons. The molecule has 1 aliphatic heterocycles. The zero-order chi connectivity index (χ0) is 18.9.